The Kier molecular flexibility index (Phi) is 2.09. The van der Waals surface area contributed by atoms with Crippen molar-refractivity contribution in [2.24, 2.45) is 0 Å². The molecule has 0 radical (unpaired) electrons. The van der Waals surface area contributed by atoms with Gasteiger partial charge >= 0.3 is 0 Å². The Morgan fingerprint density at radius 3 is 2.29 bits per heavy atom. The van der Waals surface area contributed by atoms with Gasteiger partial charge in [-0.15, -0.1) is 0 Å². The molecule has 0 saturated heterocycles. The lowest BCUT2D eigenvalue weighted by atomic mass is 9.84. The minimum absolute atomic E-state index is 0.0651. The van der Waals surface area contributed by atoms with E-state index in [0.29, 0.717) is 21.6 Å². The SMILES string of the molecule is O=C1c2ccccc2C(=S)c2c(O)cccc21. The van der Waals surface area contributed by atoms with E-state index in [-0.39, 0.29) is 11.5 Å². The van der Waals surface area contributed by atoms with E-state index in [2.05, 4.69) is 0 Å². The van der Waals surface area contributed by atoms with Crippen molar-refractivity contribution in [3.05, 3.63) is 64.7 Å². The number of phenols is 1. The van der Waals surface area contributed by atoms with E-state index in [1.54, 1.807) is 24.3 Å². The van der Waals surface area contributed by atoms with Crippen LogP contribution in [0.25, 0.3) is 0 Å². The van der Waals surface area contributed by atoms with E-state index in [1.807, 2.05) is 18.2 Å². The molecule has 2 aromatic carbocycles. The summed E-state index contributed by atoms with van der Waals surface area (Å²) in [5.74, 6) is -0.0181. The van der Waals surface area contributed by atoms with Crippen molar-refractivity contribution < 1.29 is 9.90 Å². The zero-order chi connectivity index (χ0) is 12.0. The van der Waals surface area contributed by atoms with E-state index >= 15 is 0 Å². The minimum Gasteiger partial charge on any atom is -0.507 e. The van der Waals surface area contributed by atoms with Gasteiger partial charge in [-0.05, 0) is 6.07 Å². The Hall–Kier alpha value is -2.00. The van der Waals surface area contributed by atoms with Crippen molar-refractivity contribution in [3.63, 3.8) is 0 Å². The lowest BCUT2D eigenvalue weighted by molar-refractivity contribution is 0.103. The third-order valence-corrected chi connectivity index (χ3v) is 3.35. The van der Waals surface area contributed by atoms with Crippen LogP contribution in [0.5, 0.6) is 5.75 Å². The van der Waals surface area contributed by atoms with Crippen LogP contribution in [0.15, 0.2) is 42.5 Å². The van der Waals surface area contributed by atoms with Gasteiger partial charge in [0.1, 0.15) is 5.75 Å². The molecule has 2 nitrogen and oxygen atoms in total. The zero-order valence-electron chi connectivity index (χ0n) is 8.81. The zero-order valence-corrected chi connectivity index (χ0v) is 9.62. The monoisotopic (exact) mass is 240 g/mol. The van der Waals surface area contributed by atoms with Gasteiger partial charge in [-0.3, -0.25) is 4.79 Å². The predicted molar refractivity (Wildman–Crippen MR) is 68.8 cm³/mol. The van der Waals surface area contributed by atoms with E-state index in [9.17, 15) is 9.90 Å². The lowest BCUT2D eigenvalue weighted by Gasteiger charge is -2.19. The predicted octanol–water partition coefficient (Wildman–Crippen LogP) is 2.70. The summed E-state index contributed by atoms with van der Waals surface area (Å²) in [5, 5.41) is 9.83. The summed E-state index contributed by atoms with van der Waals surface area (Å²) in [6.45, 7) is 0. The quantitative estimate of drug-likeness (QED) is 0.614. The number of thiocarbonyl (C=S) groups is 1. The fourth-order valence-corrected chi connectivity index (χ4v) is 2.52. The first-order chi connectivity index (χ1) is 8.20. The molecule has 0 aromatic heterocycles. The number of hydrogen-bond acceptors (Lipinski definition) is 3. The third-order valence-electron chi connectivity index (χ3n) is 2.93. The van der Waals surface area contributed by atoms with Crippen LogP contribution in [0.4, 0.5) is 0 Å². The Balaban J connectivity index is 2.37. The molecule has 82 valence electrons. The number of hydrogen-bond donors (Lipinski definition) is 1. The second-order valence-corrected chi connectivity index (χ2v) is 4.31. The summed E-state index contributed by atoms with van der Waals surface area (Å²) >= 11 is 5.34. The maximum absolute atomic E-state index is 12.2. The van der Waals surface area contributed by atoms with Gasteiger partial charge in [-0.1, -0.05) is 48.6 Å². The van der Waals surface area contributed by atoms with E-state index < -0.39 is 0 Å². The normalized spacial score (nSPS) is 13.2. The standard InChI is InChI=1S/C14H8O2S/c15-11-7-3-6-10-12(11)14(17)9-5-2-1-4-8(9)13(10)16/h1-7,15H. The molecule has 17 heavy (non-hydrogen) atoms. The molecule has 3 heteroatoms. The third kappa shape index (κ3) is 1.33. The number of carbonyl (C=O) groups is 1. The maximum Gasteiger partial charge on any atom is 0.194 e. The highest BCUT2D eigenvalue weighted by Gasteiger charge is 2.28. The van der Waals surface area contributed by atoms with Crippen LogP contribution in [0, 0.1) is 0 Å². The molecule has 0 aliphatic heterocycles. The second-order valence-electron chi connectivity index (χ2n) is 3.90. The number of rotatable bonds is 0. The molecule has 1 N–H and O–H groups in total. The van der Waals surface area contributed by atoms with Gasteiger partial charge in [0.05, 0.1) is 4.86 Å². The molecule has 1 aliphatic rings. The average molecular weight is 240 g/mol. The molecule has 2 aromatic rings. The summed E-state index contributed by atoms with van der Waals surface area (Å²) in [4.78, 5) is 12.8. The van der Waals surface area contributed by atoms with Crippen LogP contribution < -0.4 is 0 Å². The minimum atomic E-state index is -0.0832. The molecular weight excluding hydrogens is 232 g/mol. The van der Waals surface area contributed by atoms with Gasteiger partial charge in [0.15, 0.2) is 5.78 Å². The first-order valence-electron chi connectivity index (χ1n) is 5.20. The van der Waals surface area contributed by atoms with Crippen LogP contribution in [0.2, 0.25) is 0 Å². The summed E-state index contributed by atoms with van der Waals surface area (Å²) in [7, 11) is 0. The number of ketones is 1. The van der Waals surface area contributed by atoms with Crippen molar-refractivity contribution in [1.82, 2.24) is 0 Å². The molecule has 0 heterocycles. The summed E-state index contributed by atoms with van der Waals surface area (Å²) in [5.41, 5.74) is 2.29. The summed E-state index contributed by atoms with van der Waals surface area (Å²) in [6, 6.07) is 12.1. The molecule has 0 spiro atoms. The molecule has 3 rings (SSSR count). The van der Waals surface area contributed by atoms with Crippen molar-refractivity contribution in [2.75, 3.05) is 0 Å². The fraction of sp³-hybridized carbons (Fsp3) is 0. The van der Waals surface area contributed by atoms with Crippen LogP contribution in [0.3, 0.4) is 0 Å². The Labute approximate surface area is 104 Å². The van der Waals surface area contributed by atoms with Gasteiger partial charge in [-0.25, -0.2) is 0 Å². The molecule has 0 amide bonds. The lowest BCUT2D eigenvalue weighted by Crippen LogP contribution is -2.19. The maximum atomic E-state index is 12.2. The topological polar surface area (TPSA) is 37.3 Å². The van der Waals surface area contributed by atoms with Crippen LogP contribution in [-0.4, -0.2) is 15.8 Å². The van der Waals surface area contributed by atoms with E-state index in [1.165, 1.54) is 0 Å². The number of fused-ring (bicyclic) bond motifs is 2. The Morgan fingerprint density at radius 1 is 0.882 bits per heavy atom. The molecule has 0 fully saturated rings. The highest BCUT2D eigenvalue weighted by atomic mass is 32.1. The first kappa shape index (κ1) is 10.2. The summed E-state index contributed by atoms with van der Waals surface area (Å²) in [6.07, 6.45) is 0. The smallest absolute Gasteiger partial charge is 0.194 e. The Bertz CT molecular complexity index is 659. The molecule has 0 bridgehead atoms. The van der Waals surface area contributed by atoms with Crippen LogP contribution in [0.1, 0.15) is 27.0 Å². The molecule has 1 aliphatic carbocycles. The van der Waals surface area contributed by atoms with Crippen LogP contribution >= 0.6 is 12.2 Å². The van der Waals surface area contributed by atoms with Crippen molar-refractivity contribution >= 4 is 22.9 Å². The summed E-state index contributed by atoms with van der Waals surface area (Å²) < 4.78 is 0. The average Bonchev–Trinajstić information content (AvgIpc) is 2.36. The largest absolute Gasteiger partial charge is 0.507 e. The van der Waals surface area contributed by atoms with Crippen molar-refractivity contribution in [2.45, 2.75) is 0 Å². The van der Waals surface area contributed by atoms with E-state index in [0.717, 1.165) is 5.56 Å². The number of phenolic OH excluding ortho intramolecular Hbond substituents is 1. The van der Waals surface area contributed by atoms with Gasteiger partial charge in [0.25, 0.3) is 0 Å². The highest BCUT2D eigenvalue weighted by molar-refractivity contribution is 7.81. The van der Waals surface area contributed by atoms with Gasteiger partial charge in [-0.2, -0.15) is 0 Å². The van der Waals surface area contributed by atoms with Crippen molar-refractivity contribution in [1.29, 1.82) is 0 Å². The molecule has 0 unspecified atom stereocenters. The molecular formula is C14H8O2S. The van der Waals surface area contributed by atoms with E-state index in [4.69, 9.17) is 12.2 Å². The highest BCUT2D eigenvalue weighted by Crippen LogP contribution is 2.32. The molecule has 0 atom stereocenters. The number of benzene rings is 2. The second kappa shape index (κ2) is 3.50. The van der Waals surface area contributed by atoms with Crippen molar-refractivity contribution in [3.8, 4) is 5.75 Å². The first-order valence-corrected chi connectivity index (χ1v) is 5.61. The number of aromatic hydroxyl groups is 1. The van der Waals surface area contributed by atoms with Gasteiger partial charge < -0.3 is 5.11 Å². The van der Waals surface area contributed by atoms with Gasteiger partial charge in [0, 0.05) is 22.3 Å². The van der Waals surface area contributed by atoms with Crippen LogP contribution in [-0.2, 0) is 0 Å². The Morgan fingerprint density at radius 2 is 1.53 bits per heavy atom. The van der Waals surface area contributed by atoms with Gasteiger partial charge in [0.2, 0.25) is 0 Å². The molecule has 0 saturated carbocycles. The fourth-order valence-electron chi connectivity index (χ4n) is 2.13. The number of carbonyl (C=O) groups excluding carboxylic acids is 1.